The fourth-order valence-corrected chi connectivity index (χ4v) is 1.14. The predicted octanol–water partition coefficient (Wildman–Crippen LogP) is 1.10. The van der Waals surface area contributed by atoms with E-state index in [-0.39, 0.29) is 0 Å². The van der Waals surface area contributed by atoms with Crippen molar-refractivity contribution in [1.29, 1.82) is 0 Å². The number of hydrogen-bond acceptors (Lipinski definition) is 3. The van der Waals surface area contributed by atoms with Crippen LogP contribution in [-0.4, -0.2) is 20.2 Å². The SMILES string of the molecule is Cc1ccnc(Cc2cc[nH]n2)n1. The first kappa shape index (κ1) is 7.91. The van der Waals surface area contributed by atoms with E-state index in [2.05, 4.69) is 20.2 Å². The van der Waals surface area contributed by atoms with Crippen molar-refractivity contribution in [2.75, 3.05) is 0 Å². The van der Waals surface area contributed by atoms with Gasteiger partial charge in [-0.15, -0.1) is 0 Å². The first-order valence-corrected chi connectivity index (χ1v) is 4.12. The average molecular weight is 174 g/mol. The molecule has 4 heteroatoms. The molecule has 0 bridgehead atoms. The van der Waals surface area contributed by atoms with Crippen molar-refractivity contribution in [2.24, 2.45) is 0 Å². The van der Waals surface area contributed by atoms with E-state index >= 15 is 0 Å². The van der Waals surface area contributed by atoms with Crippen molar-refractivity contribution in [3.63, 3.8) is 0 Å². The molecule has 0 amide bonds. The molecule has 2 aromatic rings. The van der Waals surface area contributed by atoms with Gasteiger partial charge in [0.25, 0.3) is 0 Å². The van der Waals surface area contributed by atoms with Gasteiger partial charge in [0.2, 0.25) is 0 Å². The van der Waals surface area contributed by atoms with Gasteiger partial charge in [-0.3, -0.25) is 5.10 Å². The monoisotopic (exact) mass is 174 g/mol. The molecule has 0 radical (unpaired) electrons. The summed E-state index contributed by atoms with van der Waals surface area (Å²) < 4.78 is 0. The molecule has 4 nitrogen and oxygen atoms in total. The molecule has 0 spiro atoms. The third kappa shape index (κ3) is 1.90. The highest BCUT2D eigenvalue weighted by Gasteiger charge is 2.00. The van der Waals surface area contributed by atoms with Gasteiger partial charge in [0.05, 0.1) is 12.1 Å². The summed E-state index contributed by atoms with van der Waals surface area (Å²) in [5, 5.41) is 6.80. The molecular formula is C9H10N4. The van der Waals surface area contributed by atoms with E-state index in [1.54, 1.807) is 12.4 Å². The lowest BCUT2D eigenvalue weighted by molar-refractivity contribution is 0.901. The highest BCUT2D eigenvalue weighted by atomic mass is 15.1. The van der Waals surface area contributed by atoms with Gasteiger partial charge in [0.15, 0.2) is 0 Å². The molecule has 0 aromatic carbocycles. The zero-order valence-electron chi connectivity index (χ0n) is 7.36. The van der Waals surface area contributed by atoms with Crippen molar-refractivity contribution in [1.82, 2.24) is 20.2 Å². The van der Waals surface area contributed by atoms with Crippen molar-refractivity contribution in [3.8, 4) is 0 Å². The van der Waals surface area contributed by atoms with E-state index in [0.29, 0.717) is 6.42 Å². The van der Waals surface area contributed by atoms with Crippen LogP contribution in [0.2, 0.25) is 0 Å². The number of hydrogen-bond donors (Lipinski definition) is 1. The molecule has 0 saturated carbocycles. The lowest BCUT2D eigenvalue weighted by atomic mass is 10.3. The third-order valence-corrected chi connectivity index (χ3v) is 1.74. The molecule has 2 aromatic heterocycles. The van der Waals surface area contributed by atoms with Gasteiger partial charge in [-0.25, -0.2) is 9.97 Å². The molecule has 0 atom stereocenters. The number of H-pyrrole nitrogens is 1. The van der Waals surface area contributed by atoms with Crippen molar-refractivity contribution < 1.29 is 0 Å². The van der Waals surface area contributed by atoms with E-state index < -0.39 is 0 Å². The first-order chi connectivity index (χ1) is 6.34. The summed E-state index contributed by atoms with van der Waals surface area (Å²) in [6, 6.07) is 3.81. The van der Waals surface area contributed by atoms with Gasteiger partial charge in [-0.05, 0) is 19.1 Å². The molecular weight excluding hydrogens is 164 g/mol. The number of rotatable bonds is 2. The van der Waals surface area contributed by atoms with Gasteiger partial charge in [-0.1, -0.05) is 0 Å². The lowest BCUT2D eigenvalue weighted by Gasteiger charge is -1.96. The van der Waals surface area contributed by atoms with Crippen LogP contribution in [-0.2, 0) is 6.42 Å². The number of aromatic nitrogens is 4. The molecule has 0 aliphatic heterocycles. The molecule has 0 aliphatic carbocycles. The molecule has 66 valence electrons. The molecule has 13 heavy (non-hydrogen) atoms. The molecule has 0 fully saturated rings. The van der Waals surface area contributed by atoms with Crippen LogP contribution < -0.4 is 0 Å². The summed E-state index contributed by atoms with van der Waals surface area (Å²) in [5.74, 6) is 0.812. The zero-order chi connectivity index (χ0) is 9.10. The van der Waals surface area contributed by atoms with Crippen LogP contribution in [0.15, 0.2) is 24.5 Å². The molecule has 2 rings (SSSR count). The second kappa shape index (κ2) is 3.35. The third-order valence-electron chi connectivity index (χ3n) is 1.74. The van der Waals surface area contributed by atoms with Crippen LogP contribution in [0.5, 0.6) is 0 Å². The van der Waals surface area contributed by atoms with Gasteiger partial charge >= 0.3 is 0 Å². The van der Waals surface area contributed by atoms with Crippen molar-refractivity contribution in [2.45, 2.75) is 13.3 Å². The number of aryl methyl sites for hydroxylation is 1. The second-order valence-electron chi connectivity index (χ2n) is 2.86. The van der Waals surface area contributed by atoms with E-state index in [0.717, 1.165) is 17.2 Å². The van der Waals surface area contributed by atoms with Crippen molar-refractivity contribution >= 4 is 0 Å². The van der Waals surface area contributed by atoms with Gasteiger partial charge in [0, 0.05) is 18.1 Å². The summed E-state index contributed by atoms with van der Waals surface area (Å²) in [4.78, 5) is 8.43. The topological polar surface area (TPSA) is 54.5 Å². The van der Waals surface area contributed by atoms with E-state index in [1.165, 1.54) is 0 Å². The van der Waals surface area contributed by atoms with Crippen LogP contribution >= 0.6 is 0 Å². The molecule has 0 aliphatic rings. The summed E-state index contributed by atoms with van der Waals surface area (Å²) in [6.07, 6.45) is 4.25. The summed E-state index contributed by atoms with van der Waals surface area (Å²) >= 11 is 0. The minimum absolute atomic E-state index is 0.686. The number of aromatic amines is 1. The van der Waals surface area contributed by atoms with E-state index in [1.807, 2.05) is 19.1 Å². The quantitative estimate of drug-likeness (QED) is 0.741. The Balaban J connectivity index is 2.19. The number of nitrogens with one attached hydrogen (secondary N) is 1. The average Bonchev–Trinajstić information content (AvgIpc) is 2.57. The molecule has 1 N–H and O–H groups in total. The Hall–Kier alpha value is -1.71. The normalized spacial score (nSPS) is 10.2. The number of nitrogens with zero attached hydrogens (tertiary/aromatic N) is 3. The van der Waals surface area contributed by atoms with Crippen LogP contribution in [0.25, 0.3) is 0 Å². The van der Waals surface area contributed by atoms with Crippen LogP contribution in [0.1, 0.15) is 17.2 Å². The first-order valence-electron chi connectivity index (χ1n) is 4.12. The standard InChI is InChI=1S/C9H10N4/c1-7-2-4-10-9(12-7)6-8-3-5-11-13-8/h2-5H,6H2,1H3,(H,11,13). The van der Waals surface area contributed by atoms with Gasteiger partial charge in [0.1, 0.15) is 5.82 Å². The van der Waals surface area contributed by atoms with Crippen LogP contribution in [0, 0.1) is 6.92 Å². The Morgan fingerprint density at radius 1 is 1.38 bits per heavy atom. The van der Waals surface area contributed by atoms with Crippen molar-refractivity contribution in [3.05, 3.63) is 41.7 Å². The smallest absolute Gasteiger partial charge is 0.134 e. The fourth-order valence-electron chi connectivity index (χ4n) is 1.14. The Labute approximate surface area is 76.1 Å². The van der Waals surface area contributed by atoms with E-state index in [9.17, 15) is 0 Å². The highest BCUT2D eigenvalue weighted by molar-refractivity contribution is 5.08. The van der Waals surface area contributed by atoms with Gasteiger partial charge in [-0.2, -0.15) is 5.10 Å². The predicted molar refractivity (Wildman–Crippen MR) is 48.2 cm³/mol. The van der Waals surface area contributed by atoms with Crippen LogP contribution in [0.3, 0.4) is 0 Å². The Kier molecular flexibility index (Phi) is 2.04. The Morgan fingerprint density at radius 3 is 3.00 bits per heavy atom. The molecule has 0 unspecified atom stereocenters. The maximum Gasteiger partial charge on any atom is 0.134 e. The van der Waals surface area contributed by atoms with Gasteiger partial charge < -0.3 is 0 Å². The minimum Gasteiger partial charge on any atom is -0.285 e. The summed E-state index contributed by atoms with van der Waals surface area (Å²) in [7, 11) is 0. The van der Waals surface area contributed by atoms with E-state index in [4.69, 9.17) is 0 Å². The molecule has 0 saturated heterocycles. The van der Waals surface area contributed by atoms with Crippen LogP contribution in [0.4, 0.5) is 0 Å². The maximum absolute atomic E-state index is 4.28. The summed E-state index contributed by atoms with van der Waals surface area (Å²) in [6.45, 7) is 1.95. The maximum atomic E-state index is 4.28. The molecule has 2 heterocycles. The zero-order valence-corrected chi connectivity index (χ0v) is 7.36. The second-order valence-corrected chi connectivity index (χ2v) is 2.86. The summed E-state index contributed by atoms with van der Waals surface area (Å²) in [5.41, 5.74) is 1.95. The largest absolute Gasteiger partial charge is 0.285 e. The fraction of sp³-hybridized carbons (Fsp3) is 0.222. The highest BCUT2D eigenvalue weighted by Crippen LogP contribution is 2.01. The Morgan fingerprint density at radius 2 is 2.31 bits per heavy atom. The Bertz CT molecular complexity index is 380. The lowest BCUT2D eigenvalue weighted by Crippen LogP contribution is -1.97. The minimum atomic E-state index is 0.686.